The van der Waals surface area contributed by atoms with E-state index in [0.717, 1.165) is 33.9 Å². The van der Waals surface area contributed by atoms with Gasteiger partial charge in [0.1, 0.15) is 0 Å². The van der Waals surface area contributed by atoms with E-state index in [9.17, 15) is 10.1 Å². The SMILES string of the molecule is Cc1ccc(N=C2N(c3cccc([N+](=O)[O-])c3)N(c3ccccc3)C2(c2ccccc2)c2ccccc2)cc1. The minimum Gasteiger partial charge on any atom is -0.258 e. The molecule has 0 amide bonds. The van der Waals surface area contributed by atoms with Crippen LogP contribution in [0.25, 0.3) is 0 Å². The Balaban J connectivity index is 1.69. The van der Waals surface area contributed by atoms with Crippen LogP contribution in [0.3, 0.4) is 0 Å². The zero-order valence-electron chi connectivity index (χ0n) is 21.4. The minimum atomic E-state index is -0.806. The predicted molar refractivity (Wildman–Crippen MR) is 156 cm³/mol. The van der Waals surface area contributed by atoms with Crippen LogP contribution in [-0.4, -0.2) is 10.8 Å². The van der Waals surface area contributed by atoms with Crippen LogP contribution in [0.1, 0.15) is 16.7 Å². The Labute approximate surface area is 227 Å². The first-order valence-corrected chi connectivity index (χ1v) is 12.8. The van der Waals surface area contributed by atoms with Gasteiger partial charge in [0.2, 0.25) is 0 Å². The topological polar surface area (TPSA) is 62.0 Å². The molecule has 1 heterocycles. The van der Waals surface area contributed by atoms with E-state index in [1.165, 1.54) is 6.07 Å². The molecule has 1 saturated heterocycles. The summed E-state index contributed by atoms with van der Waals surface area (Å²) in [6, 6.07) is 45.4. The average Bonchev–Trinajstić information content (AvgIpc) is 2.98. The lowest BCUT2D eigenvalue weighted by Crippen LogP contribution is -2.77. The Kier molecular flexibility index (Phi) is 6.13. The number of nitro groups is 1. The molecule has 0 spiro atoms. The van der Waals surface area contributed by atoms with Gasteiger partial charge in [-0.2, -0.15) is 0 Å². The highest BCUT2D eigenvalue weighted by Gasteiger charge is 2.60. The lowest BCUT2D eigenvalue weighted by atomic mass is 9.76. The number of nitro benzene ring substituents is 1. The second-order valence-corrected chi connectivity index (χ2v) is 9.45. The molecule has 0 saturated carbocycles. The molecular weight excluding hydrogens is 484 g/mol. The number of nitrogens with zero attached hydrogens (tertiary/aromatic N) is 4. The van der Waals surface area contributed by atoms with E-state index < -0.39 is 5.54 Å². The zero-order valence-corrected chi connectivity index (χ0v) is 21.4. The fraction of sp³-hybridized carbons (Fsp3) is 0.0606. The van der Waals surface area contributed by atoms with Gasteiger partial charge in [0.15, 0.2) is 11.4 Å². The number of para-hydroxylation sites is 1. The fourth-order valence-corrected chi connectivity index (χ4v) is 5.20. The lowest BCUT2D eigenvalue weighted by Gasteiger charge is -2.62. The van der Waals surface area contributed by atoms with Crippen LogP contribution < -0.4 is 10.0 Å². The van der Waals surface area contributed by atoms with E-state index in [2.05, 4.69) is 29.3 Å². The van der Waals surface area contributed by atoms with Crippen molar-refractivity contribution in [3.05, 3.63) is 166 Å². The van der Waals surface area contributed by atoms with Crippen molar-refractivity contribution in [1.29, 1.82) is 0 Å². The highest BCUT2D eigenvalue weighted by Crippen LogP contribution is 2.52. The molecular formula is C33H26N4O2. The molecule has 0 bridgehead atoms. The van der Waals surface area contributed by atoms with E-state index in [0.29, 0.717) is 5.69 Å². The summed E-state index contributed by atoms with van der Waals surface area (Å²) in [5, 5.41) is 15.9. The van der Waals surface area contributed by atoms with E-state index in [4.69, 9.17) is 4.99 Å². The number of rotatable bonds is 6. The van der Waals surface area contributed by atoms with E-state index in [1.807, 2.05) is 109 Å². The monoisotopic (exact) mass is 510 g/mol. The summed E-state index contributed by atoms with van der Waals surface area (Å²) in [7, 11) is 0. The van der Waals surface area contributed by atoms with Gasteiger partial charge in [-0.25, -0.2) is 10.0 Å². The minimum absolute atomic E-state index is 0.0205. The van der Waals surface area contributed by atoms with Gasteiger partial charge in [-0.15, -0.1) is 0 Å². The number of anilines is 2. The molecule has 0 aromatic heterocycles. The van der Waals surface area contributed by atoms with Gasteiger partial charge < -0.3 is 0 Å². The number of amidine groups is 1. The highest BCUT2D eigenvalue weighted by molar-refractivity contribution is 6.19. The molecule has 0 radical (unpaired) electrons. The van der Waals surface area contributed by atoms with Gasteiger partial charge in [-0.05, 0) is 48.4 Å². The summed E-state index contributed by atoms with van der Waals surface area (Å²) in [6.45, 7) is 2.05. The molecule has 6 rings (SSSR count). The van der Waals surface area contributed by atoms with Gasteiger partial charge in [-0.3, -0.25) is 15.1 Å². The lowest BCUT2D eigenvalue weighted by molar-refractivity contribution is -0.384. The maximum atomic E-state index is 11.8. The van der Waals surface area contributed by atoms with Gasteiger partial charge >= 0.3 is 0 Å². The van der Waals surface area contributed by atoms with Crippen molar-refractivity contribution in [1.82, 2.24) is 0 Å². The van der Waals surface area contributed by atoms with Gasteiger partial charge in [-0.1, -0.05) is 103 Å². The molecule has 0 unspecified atom stereocenters. The third kappa shape index (κ3) is 4.12. The first-order valence-electron chi connectivity index (χ1n) is 12.8. The van der Waals surface area contributed by atoms with Gasteiger partial charge in [0.05, 0.1) is 22.0 Å². The van der Waals surface area contributed by atoms with Crippen molar-refractivity contribution in [2.75, 3.05) is 10.0 Å². The molecule has 1 fully saturated rings. The summed E-state index contributed by atoms with van der Waals surface area (Å²) in [5.74, 6) is 0.744. The van der Waals surface area contributed by atoms with Crippen LogP contribution in [-0.2, 0) is 5.54 Å². The summed E-state index contributed by atoms with van der Waals surface area (Å²) < 4.78 is 0. The normalized spacial score (nSPS) is 15.2. The van der Waals surface area contributed by atoms with Crippen molar-refractivity contribution in [3.63, 3.8) is 0 Å². The summed E-state index contributed by atoms with van der Waals surface area (Å²) in [6.07, 6.45) is 0. The number of hydrazine groups is 1. The van der Waals surface area contributed by atoms with Crippen LogP contribution in [0.4, 0.5) is 22.7 Å². The molecule has 6 nitrogen and oxygen atoms in total. The Morgan fingerprint density at radius 3 is 1.77 bits per heavy atom. The zero-order chi connectivity index (χ0) is 26.8. The molecule has 5 aromatic carbocycles. The van der Waals surface area contributed by atoms with Crippen molar-refractivity contribution >= 4 is 28.6 Å². The predicted octanol–water partition coefficient (Wildman–Crippen LogP) is 7.82. The largest absolute Gasteiger partial charge is 0.271 e. The summed E-state index contributed by atoms with van der Waals surface area (Å²) in [5.41, 5.74) is 4.81. The third-order valence-corrected chi connectivity index (χ3v) is 6.98. The van der Waals surface area contributed by atoms with Gasteiger partial charge in [0, 0.05) is 12.1 Å². The Hall–Kier alpha value is -5.23. The first kappa shape index (κ1) is 24.1. The molecule has 0 N–H and O–H groups in total. The van der Waals surface area contributed by atoms with Crippen molar-refractivity contribution < 1.29 is 4.92 Å². The number of non-ortho nitro benzene ring substituents is 1. The number of hydrogen-bond donors (Lipinski definition) is 0. The quantitative estimate of drug-likeness (QED) is 0.173. The maximum absolute atomic E-state index is 11.8. The Morgan fingerprint density at radius 2 is 1.21 bits per heavy atom. The number of hydrogen-bond acceptors (Lipinski definition) is 4. The van der Waals surface area contributed by atoms with E-state index in [-0.39, 0.29) is 10.6 Å². The first-order chi connectivity index (χ1) is 19.1. The molecule has 0 atom stereocenters. The molecule has 39 heavy (non-hydrogen) atoms. The fourth-order valence-electron chi connectivity index (χ4n) is 5.20. The van der Waals surface area contributed by atoms with Crippen LogP contribution in [0.5, 0.6) is 0 Å². The summed E-state index contributed by atoms with van der Waals surface area (Å²) in [4.78, 5) is 16.6. The van der Waals surface area contributed by atoms with Crippen molar-refractivity contribution in [3.8, 4) is 0 Å². The smallest absolute Gasteiger partial charge is 0.258 e. The maximum Gasteiger partial charge on any atom is 0.271 e. The van der Waals surface area contributed by atoms with E-state index >= 15 is 0 Å². The van der Waals surface area contributed by atoms with Gasteiger partial charge in [0.25, 0.3) is 5.69 Å². The molecule has 0 aliphatic carbocycles. The molecule has 6 heteroatoms. The van der Waals surface area contributed by atoms with Crippen LogP contribution >= 0.6 is 0 Å². The number of aryl methyl sites for hydroxylation is 1. The van der Waals surface area contributed by atoms with Crippen LogP contribution in [0, 0.1) is 17.0 Å². The number of benzene rings is 5. The molecule has 190 valence electrons. The Morgan fingerprint density at radius 1 is 0.667 bits per heavy atom. The van der Waals surface area contributed by atoms with Crippen LogP contribution in [0.15, 0.2) is 145 Å². The highest BCUT2D eigenvalue weighted by atomic mass is 16.6. The summed E-state index contributed by atoms with van der Waals surface area (Å²) >= 11 is 0. The standard InChI is InChI=1S/C33H26N4O2/c1-25-20-22-28(23-21-25)34-32-33(26-12-5-2-6-13-26,27-14-7-3-8-15-27)36(29-16-9-4-10-17-29)35(32)30-18-11-19-31(24-30)37(38)39/h2-24H,1H3. The van der Waals surface area contributed by atoms with Crippen molar-refractivity contribution in [2.24, 2.45) is 4.99 Å². The van der Waals surface area contributed by atoms with E-state index in [1.54, 1.807) is 12.1 Å². The average molecular weight is 511 g/mol. The Bertz CT molecular complexity index is 1600. The van der Waals surface area contributed by atoms with Crippen LogP contribution in [0.2, 0.25) is 0 Å². The van der Waals surface area contributed by atoms with Crippen molar-refractivity contribution in [2.45, 2.75) is 12.5 Å². The second kappa shape index (κ2) is 9.91. The second-order valence-electron chi connectivity index (χ2n) is 9.45. The number of aliphatic imine (C=N–C) groups is 1. The molecule has 1 aliphatic heterocycles. The molecule has 1 aliphatic rings. The third-order valence-electron chi connectivity index (χ3n) is 6.98. The molecule has 5 aromatic rings.